The molecule has 4 aromatic rings. The molecule has 3 heterocycles. The third kappa shape index (κ3) is 4.44. The van der Waals surface area contributed by atoms with Gasteiger partial charge in [0.25, 0.3) is 0 Å². The van der Waals surface area contributed by atoms with E-state index in [0.29, 0.717) is 11.4 Å². The third-order valence-electron chi connectivity index (χ3n) is 4.27. The summed E-state index contributed by atoms with van der Waals surface area (Å²) in [5.74, 6) is 0.257. The Kier molecular flexibility index (Phi) is 5.24. The highest BCUT2D eigenvalue weighted by Gasteiger charge is 2.34. The van der Waals surface area contributed by atoms with E-state index in [4.69, 9.17) is 4.74 Å². The summed E-state index contributed by atoms with van der Waals surface area (Å²) in [6, 6.07) is 5.90. The first-order chi connectivity index (χ1) is 14.8. The molecule has 0 atom stereocenters. The van der Waals surface area contributed by atoms with Gasteiger partial charge in [-0.15, -0.1) is 0 Å². The lowest BCUT2D eigenvalue weighted by atomic mass is 10.2. The maximum Gasteiger partial charge on any atom is 0.433 e. The van der Waals surface area contributed by atoms with E-state index in [-0.39, 0.29) is 17.3 Å². The molecule has 0 saturated heterocycles. The number of rotatable bonds is 5. The molecule has 0 aliphatic rings. The van der Waals surface area contributed by atoms with Gasteiger partial charge in [0.05, 0.1) is 36.7 Å². The summed E-state index contributed by atoms with van der Waals surface area (Å²) in [4.78, 5) is 19.9. The second-order valence-corrected chi connectivity index (χ2v) is 6.48. The lowest BCUT2D eigenvalue weighted by molar-refractivity contribution is -0.141. The van der Waals surface area contributed by atoms with E-state index < -0.39 is 11.9 Å². The number of alkyl halides is 3. The summed E-state index contributed by atoms with van der Waals surface area (Å²) in [5, 5.41) is 2.81. The lowest BCUT2D eigenvalue weighted by Gasteiger charge is -2.14. The molecule has 0 fully saturated rings. The summed E-state index contributed by atoms with van der Waals surface area (Å²) in [6.07, 6.45) is 2.94. The van der Waals surface area contributed by atoms with Crippen molar-refractivity contribution in [3.63, 3.8) is 0 Å². The standard InChI is InChI=1S/C20H16F3N7O/c1-12-10-30(11-26-12)16-4-3-13(7-17(16)31-2)27-19-28-14(15-9-24-5-6-25-15)8-18(29-19)20(21,22)23/h3-11H,1-2H3,(H,27,28,29). The fraction of sp³-hybridized carbons (Fsp3) is 0.150. The fourth-order valence-corrected chi connectivity index (χ4v) is 2.86. The Balaban J connectivity index is 1.71. The molecule has 0 radical (unpaired) electrons. The van der Waals surface area contributed by atoms with Gasteiger partial charge in [-0.25, -0.2) is 15.0 Å². The Morgan fingerprint density at radius 3 is 2.52 bits per heavy atom. The van der Waals surface area contributed by atoms with Gasteiger partial charge < -0.3 is 14.6 Å². The minimum absolute atomic E-state index is 0.00426. The van der Waals surface area contributed by atoms with E-state index in [1.54, 1.807) is 29.1 Å². The van der Waals surface area contributed by atoms with Gasteiger partial charge in [0.1, 0.15) is 11.4 Å². The average molecular weight is 427 g/mol. The molecule has 1 aromatic carbocycles. The summed E-state index contributed by atoms with van der Waals surface area (Å²) in [5.41, 5.74) is 1.10. The highest BCUT2D eigenvalue weighted by atomic mass is 19.4. The molecule has 0 aliphatic carbocycles. The van der Waals surface area contributed by atoms with Crippen LogP contribution in [0.1, 0.15) is 11.4 Å². The maximum atomic E-state index is 13.4. The maximum absolute atomic E-state index is 13.4. The Hall–Kier alpha value is -4.02. The molecular weight excluding hydrogens is 411 g/mol. The molecule has 3 aromatic heterocycles. The monoisotopic (exact) mass is 427 g/mol. The van der Waals surface area contributed by atoms with Crippen molar-refractivity contribution in [3.05, 3.63) is 66.8 Å². The number of aryl methyl sites for hydroxylation is 1. The normalized spacial score (nSPS) is 11.4. The quantitative estimate of drug-likeness (QED) is 0.510. The summed E-state index contributed by atoms with van der Waals surface area (Å²) in [7, 11) is 1.50. The van der Waals surface area contributed by atoms with Crippen LogP contribution >= 0.6 is 0 Å². The van der Waals surface area contributed by atoms with Crippen molar-refractivity contribution in [2.75, 3.05) is 12.4 Å². The van der Waals surface area contributed by atoms with Crippen molar-refractivity contribution in [1.82, 2.24) is 29.5 Å². The number of aromatic nitrogens is 6. The van der Waals surface area contributed by atoms with E-state index in [2.05, 4.69) is 30.2 Å². The number of imidazole rings is 1. The van der Waals surface area contributed by atoms with Crippen LogP contribution < -0.4 is 10.1 Å². The number of nitrogens with zero attached hydrogens (tertiary/aromatic N) is 6. The van der Waals surface area contributed by atoms with Gasteiger partial charge in [-0.05, 0) is 25.1 Å². The van der Waals surface area contributed by atoms with Crippen LogP contribution in [0.25, 0.3) is 17.1 Å². The van der Waals surface area contributed by atoms with E-state index in [1.165, 1.54) is 25.7 Å². The number of benzene rings is 1. The molecule has 1 N–H and O–H groups in total. The molecule has 158 valence electrons. The van der Waals surface area contributed by atoms with Crippen LogP contribution in [0.4, 0.5) is 24.8 Å². The largest absolute Gasteiger partial charge is 0.494 e. The van der Waals surface area contributed by atoms with Gasteiger partial charge in [-0.3, -0.25) is 9.97 Å². The molecule has 31 heavy (non-hydrogen) atoms. The van der Waals surface area contributed by atoms with Crippen molar-refractivity contribution >= 4 is 11.6 Å². The molecule has 0 unspecified atom stereocenters. The van der Waals surface area contributed by atoms with Crippen LogP contribution in [0, 0.1) is 6.92 Å². The van der Waals surface area contributed by atoms with Crippen molar-refractivity contribution in [3.8, 4) is 22.8 Å². The second kappa shape index (κ2) is 8.01. The van der Waals surface area contributed by atoms with Crippen LogP contribution in [-0.4, -0.2) is 36.6 Å². The zero-order valence-corrected chi connectivity index (χ0v) is 16.4. The highest BCUT2D eigenvalue weighted by molar-refractivity contribution is 5.64. The topological polar surface area (TPSA) is 90.6 Å². The van der Waals surface area contributed by atoms with Crippen LogP contribution in [-0.2, 0) is 6.18 Å². The molecule has 4 rings (SSSR count). The highest BCUT2D eigenvalue weighted by Crippen LogP contribution is 2.32. The number of ether oxygens (including phenoxy) is 1. The van der Waals surface area contributed by atoms with Gasteiger partial charge in [-0.1, -0.05) is 0 Å². The number of hydrogen-bond donors (Lipinski definition) is 1. The van der Waals surface area contributed by atoms with E-state index in [0.717, 1.165) is 17.4 Å². The molecule has 8 nitrogen and oxygen atoms in total. The van der Waals surface area contributed by atoms with E-state index >= 15 is 0 Å². The molecule has 11 heteroatoms. The van der Waals surface area contributed by atoms with E-state index in [1.807, 2.05) is 13.1 Å². The first-order valence-electron chi connectivity index (χ1n) is 9.02. The van der Waals surface area contributed by atoms with Crippen molar-refractivity contribution in [1.29, 1.82) is 0 Å². The SMILES string of the molecule is COc1cc(Nc2nc(-c3cnccn3)cc(C(F)(F)F)n2)ccc1-n1cnc(C)c1. The van der Waals surface area contributed by atoms with Crippen LogP contribution in [0.3, 0.4) is 0 Å². The Morgan fingerprint density at radius 1 is 1.03 bits per heavy atom. The van der Waals surface area contributed by atoms with Gasteiger partial charge in [0, 0.05) is 30.3 Å². The summed E-state index contributed by atoms with van der Waals surface area (Å²) < 4.78 is 47.4. The summed E-state index contributed by atoms with van der Waals surface area (Å²) in [6.45, 7) is 1.86. The van der Waals surface area contributed by atoms with Crippen LogP contribution in [0.15, 0.2) is 55.4 Å². The van der Waals surface area contributed by atoms with Crippen LogP contribution in [0.2, 0.25) is 0 Å². The average Bonchev–Trinajstić information content (AvgIpc) is 3.19. The Bertz CT molecular complexity index is 1210. The molecular formula is C20H16F3N7O. The Labute approximate surface area is 174 Å². The van der Waals surface area contributed by atoms with Crippen LogP contribution in [0.5, 0.6) is 5.75 Å². The summed E-state index contributed by atoms with van der Waals surface area (Å²) >= 11 is 0. The lowest BCUT2D eigenvalue weighted by Crippen LogP contribution is -2.11. The van der Waals surface area contributed by atoms with E-state index in [9.17, 15) is 13.2 Å². The Morgan fingerprint density at radius 2 is 1.87 bits per heavy atom. The molecule has 0 amide bonds. The smallest absolute Gasteiger partial charge is 0.433 e. The molecule has 0 saturated carbocycles. The van der Waals surface area contributed by atoms with Gasteiger partial charge in [0.15, 0.2) is 5.69 Å². The number of methoxy groups -OCH3 is 1. The van der Waals surface area contributed by atoms with Gasteiger partial charge in [0.2, 0.25) is 5.95 Å². The van der Waals surface area contributed by atoms with Gasteiger partial charge in [-0.2, -0.15) is 13.2 Å². The zero-order chi connectivity index (χ0) is 22.0. The number of nitrogens with one attached hydrogen (secondary N) is 1. The number of halogens is 3. The molecule has 0 bridgehead atoms. The third-order valence-corrected chi connectivity index (χ3v) is 4.27. The molecule has 0 spiro atoms. The van der Waals surface area contributed by atoms with Gasteiger partial charge >= 0.3 is 6.18 Å². The minimum atomic E-state index is -4.66. The second-order valence-electron chi connectivity index (χ2n) is 6.48. The first kappa shape index (κ1) is 20.3. The molecule has 0 aliphatic heterocycles. The predicted octanol–water partition coefficient (Wildman–Crippen LogP) is 4.20. The predicted molar refractivity (Wildman–Crippen MR) is 106 cm³/mol. The minimum Gasteiger partial charge on any atom is -0.494 e. The fourth-order valence-electron chi connectivity index (χ4n) is 2.86. The van der Waals surface area contributed by atoms with Crippen molar-refractivity contribution in [2.24, 2.45) is 0 Å². The number of anilines is 2. The van der Waals surface area contributed by atoms with Crippen molar-refractivity contribution in [2.45, 2.75) is 13.1 Å². The number of hydrogen-bond acceptors (Lipinski definition) is 7. The first-order valence-corrected chi connectivity index (χ1v) is 9.02. The zero-order valence-electron chi connectivity index (χ0n) is 16.4. The van der Waals surface area contributed by atoms with Crippen molar-refractivity contribution < 1.29 is 17.9 Å².